The van der Waals surface area contributed by atoms with E-state index in [4.69, 9.17) is 4.74 Å². The maximum Gasteiger partial charge on any atom is 0.348 e. The summed E-state index contributed by atoms with van der Waals surface area (Å²) in [5.41, 5.74) is 1.22. The van der Waals surface area contributed by atoms with Crippen LogP contribution in [0.5, 0.6) is 0 Å². The molecule has 1 saturated heterocycles. The van der Waals surface area contributed by atoms with Crippen LogP contribution >= 0.6 is 11.3 Å². The Morgan fingerprint density at radius 2 is 2.08 bits per heavy atom. The van der Waals surface area contributed by atoms with E-state index in [9.17, 15) is 18.0 Å². The molecule has 2 heterocycles. The number of hydrogen-bond donors (Lipinski definition) is 0. The van der Waals surface area contributed by atoms with Gasteiger partial charge >= 0.3 is 5.97 Å². The molecule has 0 saturated carbocycles. The summed E-state index contributed by atoms with van der Waals surface area (Å²) in [4.78, 5) is 27.4. The minimum atomic E-state index is -3.05. The number of fused-ring (bicyclic) bond motifs is 1. The van der Waals surface area contributed by atoms with E-state index in [0.717, 1.165) is 25.7 Å². The lowest BCUT2D eigenvalue weighted by atomic mass is 9.99. The Morgan fingerprint density at radius 1 is 1.33 bits per heavy atom. The van der Waals surface area contributed by atoms with Gasteiger partial charge in [-0.15, -0.1) is 11.3 Å². The van der Waals surface area contributed by atoms with Crippen molar-refractivity contribution in [2.75, 3.05) is 25.2 Å². The SMILES string of the molecule is CN(C(=O)COC(=O)c1cc2c(s1)CCCC2)C1CCS(=O)(=O)C1. The molecular weight excluding hydrogens is 350 g/mol. The van der Waals surface area contributed by atoms with E-state index in [2.05, 4.69) is 0 Å². The van der Waals surface area contributed by atoms with Crippen LogP contribution in [-0.4, -0.2) is 56.4 Å². The lowest BCUT2D eigenvalue weighted by Crippen LogP contribution is -2.40. The molecule has 2 aliphatic rings. The second kappa shape index (κ2) is 6.84. The highest BCUT2D eigenvalue weighted by atomic mass is 32.2. The minimum Gasteiger partial charge on any atom is -0.451 e. The molecule has 1 aromatic heterocycles. The lowest BCUT2D eigenvalue weighted by molar-refractivity contribution is -0.134. The molecule has 0 bridgehead atoms. The smallest absolute Gasteiger partial charge is 0.348 e. The van der Waals surface area contributed by atoms with Crippen LogP contribution in [0, 0.1) is 0 Å². The molecule has 1 fully saturated rings. The Morgan fingerprint density at radius 3 is 2.75 bits per heavy atom. The molecule has 0 radical (unpaired) electrons. The fraction of sp³-hybridized carbons (Fsp3) is 0.625. The van der Waals surface area contributed by atoms with Crippen LogP contribution in [0.4, 0.5) is 0 Å². The topological polar surface area (TPSA) is 80.8 Å². The zero-order chi connectivity index (χ0) is 17.3. The number of sulfone groups is 1. The molecule has 3 rings (SSSR count). The molecule has 1 amide bonds. The number of ether oxygens (including phenoxy) is 1. The van der Waals surface area contributed by atoms with Crippen molar-refractivity contribution in [2.45, 2.75) is 38.1 Å². The maximum absolute atomic E-state index is 12.1. The van der Waals surface area contributed by atoms with E-state index in [-0.39, 0.29) is 30.1 Å². The quantitative estimate of drug-likeness (QED) is 0.748. The number of aryl methyl sites for hydroxylation is 2. The predicted molar refractivity (Wildman–Crippen MR) is 91.1 cm³/mol. The van der Waals surface area contributed by atoms with Crippen LogP contribution in [0.15, 0.2) is 6.07 Å². The Kier molecular flexibility index (Phi) is 4.96. The zero-order valence-electron chi connectivity index (χ0n) is 13.6. The number of hydrogen-bond acceptors (Lipinski definition) is 6. The molecule has 24 heavy (non-hydrogen) atoms. The van der Waals surface area contributed by atoms with Crippen molar-refractivity contribution in [3.05, 3.63) is 21.4 Å². The molecule has 1 aromatic rings. The number of esters is 1. The van der Waals surface area contributed by atoms with Gasteiger partial charge in [-0.1, -0.05) is 0 Å². The molecule has 1 aliphatic heterocycles. The van der Waals surface area contributed by atoms with Crippen molar-refractivity contribution in [3.63, 3.8) is 0 Å². The molecule has 0 N–H and O–H groups in total. The van der Waals surface area contributed by atoms with Gasteiger partial charge in [-0.2, -0.15) is 0 Å². The third-order valence-corrected chi connectivity index (χ3v) is 7.64. The van der Waals surface area contributed by atoms with Crippen molar-refractivity contribution in [1.82, 2.24) is 4.90 Å². The van der Waals surface area contributed by atoms with Gasteiger partial charge in [0.25, 0.3) is 5.91 Å². The van der Waals surface area contributed by atoms with Crippen molar-refractivity contribution in [2.24, 2.45) is 0 Å². The first-order valence-electron chi connectivity index (χ1n) is 8.10. The highest BCUT2D eigenvalue weighted by molar-refractivity contribution is 7.91. The molecule has 0 spiro atoms. The predicted octanol–water partition coefficient (Wildman–Crippen LogP) is 1.43. The van der Waals surface area contributed by atoms with Gasteiger partial charge in [0.1, 0.15) is 4.88 Å². The summed E-state index contributed by atoms with van der Waals surface area (Å²) in [6.45, 7) is -0.353. The van der Waals surface area contributed by atoms with Crippen LogP contribution < -0.4 is 0 Å². The highest BCUT2D eigenvalue weighted by Gasteiger charge is 2.33. The number of rotatable bonds is 4. The molecule has 8 heteroatoms. The first-order valence-corrected chi connectivity index (χ1v) is 10.7. The van der Waals surface area contributed by atoms with Gasteiger partial charge in [0, 0.05) is 18.0 Å². The Hall–Kier alpha value is -1.41. The number of nitrogens with zero attached hydrogens (tertiary/aromatic N) is 1. The highest BCUT2D eigenvalue weighted by Crippen LogP contribution is 2.30. The number of likely N-dealkylation sites (N-methyl/N-ethyl adjacent to an activating group) is 1. The first kappa shape index (κ1) is 17.4. The van der Waals surface area contributed by atoms with Crippen LogP contribution in [0.25, 0.3) is 0 Å². The largest absolute Gasteiger partial charge is 0.451 e. The molecule has 1 atom stereocenters. The summed E-state index contributed by atoms with van der Waals surface area (Å²) in [5.74, 6) is -0.752. The van der Waals surface area contributed by atoms with Crippen molar-refractivity contribution >= 4 is 33.1 Å². The Labute approximate surface area is 145 Å². The summed E-state index contributed by atoms with van der Waals surface area (Å²) >= 11 is 1.45. The fourth-order valence-electron chi connectivity index (χ4n) is 3.18. The van der Waals surface area contributed by atoms with E-state index in [1.807, 2.05) is 6.07 Å². The third kappa shape index (κ3) is 3.80. The average Bonchev–Trinajstić information content (AvgIpc) is 3.14. The number of thiophene rings is 1. The summed E-state index contributed by atoms with van der Waals surface area (Å²) < 4.78 is 28.1. The van der Waals surface area contributed by atoms with E-state index in [1.165, 1.54) is 26.7 Å². The summed E-state index contributed by atoms with van der Waals surface area (Å²) in [7, 11) is -1.49. The monoisotopic (exact) mass is 371 g/mol. The van der Waals surface area contributed by atoms with Gasteiger partial charge in [-0.25, -0.2) is 13.2 Å². The Bertz CT molecular complexity index is 729. The molecule has 1 aliphatic carbocycles. The lowest BCUT2D eigenvalue weighted by Gasteiger charge is -2.23. The molecule has 132 valence electrons. The van der Waals surface area contributed by atoms with Gasteiger partial charge in [0.15, 0.2) is 16.4 Å². The van der Waals surface area contributed by atoms with Crippen LogP contribution in [0.1, 0.15) is 39.4 Å². The summed E-state index contributed by atoms with van der Waals surface area (Å²) in [6, 6.07) is 1.55. The van der Waals surface area contributed by atoms with Crippen LogP contribution in [0.3, 0.4) is 0 Å². The maximum atomic E-state index is 12.1. The third-order valence-electron chi connectivity index (χ3n) is 4.67. The normalized spacial score (nSPS) is 22.0. The summed E-state index contributed by atoms with van der Waals surface area (Å²) in [6.07, 6.45) is 4.74. The second-order valence-electron chi connectivity index (χ2n) is 6.40. The first-order chi connectivity index (χ1) is 11.4. The molecule has 1 unspecified atom stereocenters. The average molecular weight is 371 g/mol. The van der Waals surface area contributed by atoms with E-state index < -0.39 is 15.8 Å². The van der Waals surface area contributed by atoms with Gasteiger partial charge in [0.05, 0.1) is 11.5 Å². The molecular formula is C16H21NO5S2. The van der Waals surface area contributed by atoms with Crippen molar-refractivity contribution in [1.29, 1.82) is 0 Å². The van der Waals surface area contributed by atoms with Crippen LogP contribution in [-0.2, 0) is 32.2 Å². The molecule has 6 nitrogen and oxygen atoms in total. The van der Waals surface area contributed by atoms with Crippen molar-refractivity contribution in [3.8, 4) is 0 Å². The second-order valence-corrected chi connectivity index (χ2v) is 9.77. The van der Waals surface area contributed by atoms with Gasteiger partial charge in [-0.3, -0.25) is 4.79 Å². The number of amides is 1. The standard InChI is InChI=1S/C16H21NO5S2/c1-17(12-6-7-24(20,21)10-12)15(18)9-22-16(19)14-8-11-4-2-3-5-13(11)23-14/h8,12H,2-7,9-10H2,1H3. The van der Waals surface area contributed by atoms with E-state index in [1.54, 1.807) is 7.05 Å². The fourth-order valence-corrected chi connectivity index (χ4v) is 6.10. The number of carbonyl (C=O) groups excluding carboxylic acids is 2. The van der Waals surface area contributed by atoms with Gasteiger partial charge in [0.2, 0.25) is 0 Å². The van der Waals surface area contributed by atoms with Crippen molar-refractivity contribution < 1.29 is 22.7 Å². The van der Waals surface area contributed by atoms with Gasteiger partial charge in [-0.05, 0) is 43.7 Å². The Balaban J connectivity index is 1.54. The van der Waals surface area contributed by atoms with Gasteiger partial charge < -0.3 is 9.64 Å². The van der Waals surface area contributed by atoms with Crippen LogP contribution in [0.2, 0.25) is 0 Å². The minimum absolute atomic E-state index is 0.0131. The molecule has 0 aromatic carbocycles. The number of carbonyl (C=O) groups is 2. The van der Waals surface area contributed by atoms with E-state index >= 15 is 0 Å². The zero-order valence-corrected chi connectivity index (χ0v) is 15.2. The van der Waals surface area contributed by atoms with E-state index in [0.29, 0.717) is 11.3 Å². The summed E-state index contributed by atoms with van der Waals surface area (Å²) in [5, 5.41) is 0.